The van der Waals surface area contributed by atoms with Crippen molar-refractivity contribution < 1.29 is 13.6 Å². The zero-order chi connectivity index (χ0) is 19.1. The van der Waals surface area contributed by atoms with Crippen LogP contribution in [0.3, 0.4) is 0 Å². The average Bonchev–Trinajstić information content (AvgIpc) is 3.10. The fourth-order valence-corrected chi connectivity index (χ4v) is 3.27. The maximum absolute atomic E-state index is 14.5. The van der Waals surface area contributed by atoms with E-state index in [1.165, 1.54) is 0 Å². The summed E-state index contributed by atoms with van der Waals surface area (Å²) in [6.45, 7) is 2.38. The van der Waals surface area contributed by atoms with E-state index in [1.807, 2.05) is 6.92 Å². The van der Waals surface area contributed by atoms with E-state index in [-0.39, 0.29) is 30.2 Å². The van der Waals surface area contributed by atoms with Crippen molar-refractivity contribution in [1.29, 1.82) is 0 Å². The largest absolute Gasteiger partial charge is 0.383 e. The standard InChI is InChI=1S/C17H22F2N6O/c1-2-24-8-12(17(18,19)9-24)25-15(21)13(16(22)26)14(23-25)11-5-3-10(7-20)4-6-11/h3-6,12H,2,7-9,20-21H2,1H3,(H2,22,26). The van der Waals surface area contributed by atoms with Gasteiger partial charge >= 0.3 is 0 Å². The lowest BCUT2D eigenvalue weighted by molar-refractivity contribution is -0.0241. The van der Waals surface area contributed by atoms with E-state index >= 15 is 0 Å². The van der Waals surface area contributed by atoms with Gasteiger partial charge in [0.25, 0.3) is 11.8 Å². The van der Waals surface area contributed by atoms with Gasteiger partial charge in [-0.2, -0.15) is 5.10 Å². The summed E-state index contributed by atoms with van der Waals surface area (Å²) in [4.78, 5) is 13.5. The highest BCUT2D eigenvalue weighted by Crippen LogP contribution is 2.39. The second kappa shape index (κ2) is 6.65. The minimum absolute atomic E-state index is 0.0451. The van der Waals surface area contributed by atoms with Crippen molar-refractivity contribution in [2.24, 2.45) is 11.5 Å². The van der Waals surface area contributed by atoms with Crippen LogP contribution in [0.5, 0.6) is 0 Å². The number of benzene rings is 1. The summed E-state index contributed by atoms with van der Waals surface area (Å²) in [6.07, 6.45) is 0. The number of anilines is 1. The number of hydrogen-bond donors (Lipinski definition) is 3. The molecule has 1 saturated heterocycles. The smallest absolute Gasteiger partial charge is 0.283 e. The Bertz CT molecular complexity index is 817. The molecular weight excluding hydrogens is 342 g/mol. The third-order valence-electron chi connectivity index (χ3n) is 4.75. The van der Waals surface area contributed by atoms with Crippen LogP contribution in [0, 0.1) is 0 Å². The summed E-state index contributed by atoms with van der Waals surface area (Å²) in [5.74, 6) is -3.95. The van der Waals surface area contributed by atoms with E-state index in [9.17, 15) is 13.6 Å². The molecule has 6 N–H and O–H groups in total. The number of amides is 1. The molecule has 1 aliphatic heterocycles. The maximum Gasteiger partial charge on any atom is 0.283 e. The number of nitrogen functional groups attached to an aromatic ring is 1. The molecule has 1 aliphatic rings. The van der Waals surface area contributed by atoms with Crippen molar-refractivity contribution in [1.82, 2.24) is 14.7 Å². The number of carbonyl (C=O) groups excluding carboxylic acids is 1. The SMILES string of the molecule is CCN1CC(n2nc(-c3ccc(CN)cc3)c(C(N)=O)c2N)C(F)(F)C1. The number of carbonyl (C=O) groups is 1. The van der Waals surface area contributed by atoms with Crippen molar-refractivity contribution in [2.45, 2.75) is 25.4 Å². The molecule has 1 fully saturated rings. The normalized spacial score (nSPS) is 19.8. The zero-order valence-electron chi connectivity index (χ0n) is 14.5. The molecule has 0 saturated carbocycles. The fourth-order valence-electron chi connectivity index (χ4n) is 3.27. The molecule has 9 heteroatoms. The lowest BCUT2D eigenvalue weighted by Gasteiger charge is -2.19. The third kappa shape index (κ3) is 3.04. The van der Waals surface area contributed by atoms with Gasteiger partial charge in [-0.3, -0.25) is 9.69 Å². The lowest BCUT2D eigenvalue weighted by atomic mass is 10.1. The van der Waals surface area contributed by atoms with Gasteiger partial charge in [0.05, 0.1) is 6.54 Å². The van der Waals surface area contributed by atoms with E-state index in [0.29, 0.717) is 18.7 Å². The number of likely N-dealkylation sites (N-methyl/N-ethyl adjacent to an activating group) is 1. The number of aromatic nitrogens is 2. The van der Waals surface area contributed by atoms with Gasteiger partial charge in [0.2, 0.25) is 0 Å². The molecule has 140 valence electrons. The molecule has 2 aromatic rings. The molecule has 0 spiro atoms. The van der Waals surface area contributed by atoms with Crippen LogP contribution < -0.4 is 17.2 Å². The number of likely N-dealkylation sites (tertiary alicyclic amines) is 1. The Morgan fingerprint density at radius 1 is 1.35 bits per heavy atom. The molecule has 26 heavy (non-hydrogen) atoms. The van der Waals surface area contributed by atoms with E-state index in [0.717, 1.165) is 10.2 Å². The van der Waals surface area contributed by atoms with Crippen LogP contribution in [-0.2, 0) is 6.54 Å². The lowest BCUT2D eigenvalue weighted by Crippen LogP contribution is -2.31. The van der Waals surface area contributed by atoms with Crippen LogP contribution in [0.1, 0.15) is 28.9 Å². The van der Waals surface area contributed by atoms with Crippen molar-refractivity contribution in [3.63, 3.8) is 0 Å². The first kappa shape index (κ1) is 18.3. The molecule has 2 heterocycles. The van der Waals surface area contributed by atoms with Gasteiger partial charge < -0.3 is 17.2 Å². The Labute approximate surface area is 149 Å². The van der Waals surface area contributed by atoms with Crippen molar-refractivity contribution in [2.75, 3.05) is 25.4 Å². The second-order valence-corrected chi connectivity index (χ2v) is 6.42. The Kier molecular flexibility index (Phi) is 4.68. The number of nitrogens with two attached hydrogens (primary N) is 3. The third-order valence-corrected chi connectivity index (χ3v) is 4.75. The Hall–Kier alpha value is -2.52. The van der Waals surface area contributed by atoms with Crippen LogP contribution >= 0.6 is 0 Å². The summed E-state index contributed by atoms with van der Waals surface area (Å²) in [6, 6.07) is 5.73. The van der Waals surface area contributed by atoms with Crippen molar-refractivity contribution in [3.8, 4) is 11.3 Å². The van der Waals surface area contributed by atoms with Gasteiger partial charge in [-0.1, -0.05) is 31.2 Å². The maximum atomic E-state index is 14.5. The Morgan fingerprint density at radius 2 is 2.00 bits per heavy atom. The number of nitrogens with zero attached hydrogens (tertiary/aromatic N) is 3. The molecule has 3 rings (SSSR count). The van der Waals surface area contributed by atoms with Gasteiger partial charge in [-0.05, 0) is 12.1 Å². The van der Waals surface area contributed by atoms with Crippen LogP contribution in [-0.4, -0.2) is 46.1 Å². The first-order chi connectivity index (χ1) is 12.3. The van der Waals surface area contributed by atoms with Gasteiger partial charge in [0, 0.05) is 18.7 Å². The van der Waals surface area contributed by atoms with E-state index in [1.54, 1.807) is 29.2 Å². The highest BCUT2D eigenvalue weighted by Gasteiger charge is 2.50. The number of alkyl halides is 2. The second-order valence-electron chi connectivity index (χ2n) is 6.42. The average molecular weight is 364 g/mol. The van der Waals surface area contributed by atoms with Gasteiger partial charge in [-0.25, -0.2) is 13.5 Å². The Balaban J connectivity index is 2.09. The highest BCUT2D eigenvalue weighted by atomic mass is 19.3. The van der Waals surface area contributed by atoms with Gasteiger partial charge in [0.15, 0.2) is 0 Å². The van der Waals surface area contributed by atoms with Crippen molar-refractivity contribution in [3.05, 3.63) is 35.4 Å². The van der Waals surface area contributed by atoms with Crippen LogP contribution in [0.2, 0.25) is 0 Å². The topological polar surface area (TPSA) is 116 Å². The molecule has 1 aromatic carbocycles. The summed E-state index contributed by atoms with van der Waals surface area (Å²) in [5.41, 5.74) is 18.7. The minimum Gasteiger partial charge on any atom is -0.383 e. The number of primary amides is 1. The molecule has 1 atom stereocenters. The molecule has 0 bridgehead atoms. The van der Waals surface area contributed by atoms with Gasteiger partial charge in [0.1, 0.15) is 23.1 Å². The molecule has 1 amide bonds. The first-order valence-electron chi connectivity index (χ1n) is 8.35. The monoisotopic (exact) mass is 364 g/mol. The molecule has 7 nitrogen and oxygen atoms in total. The molecule has 0 radical (unpaired) electrons. The summed E-state index contributed by atoms with van der Waals surface area (Å²) in [5, 5.41) is 4.26. The summed E-state index contributed by atoms with van der Waals surface area (Å²) >= 11 is 0. The summed E-state index contributed by atoms with van der Waals surface area (Å²) < 4.78 is 30.0. The van der Waals surface area contributed by atoms with E-state index in [4.69, 9.17) is 17.2 Å². The van der Waals surface area contributed by atoms with Crippen LogP contribution in [0.25, 0.3) is 11.3 Å². The molecular formula is C17H22F2N6O. The molecule has 1 aromatic heterocycles. The van der Waals surface area contributed by atoms with E-state index in [2.05, 4.69) is 5.10 Å². The van der Waals surface area contributed by atoms with Gasteiger partial charge in [-0.15, -0.1) is 0 Å². The quantitative estimate of drug-likeness (QED) is 0.737. The molecule has 1 unspecified atom stereocenters. The van der Waals surface area contributed by atoms with Crippen molar-refractivity contribution >= 4 is 11.7 Å². The highest BCUT2D eigenvalue weighted by molar-refractivity contribution is 6.03. The predicted molar refractivity (Wildman–Crippen MR) is 94.6 cm³/mol. The number of halogens is 2. The molecule has 0 aliphatic carbocycles. The van der Waals surface area contributed by atoms with E-state index < -0.39 is 17.9 Å². The minimum atomic E-state index is -3.01. The number of hydrogen-bond acceptors (Lipinski definition) is 5. The first-order valence-corrected chi connectivity index (χ1v) is 8.35. The fraction of sp³-hybridized carbons (Fsp3) is 0.412. The Morgan fingerprint density at radius 3 is 2.50 bits per heavy atom. The summed E-state index contributed by atoms with van der Waals surface area (Å²) in [7, 11) is 0. The van der Waals surface area contributed by atoms with Crippen LogP contribution in [0.4, 0.5) is 14.6 Å². The zero-order valence-corrected chi connectivity index (χ0v) is 14.5. The number of rotatable bonds is 5. The predicted octanol–water partition coefficient (Wildman–Crippen LogP) is 1.20. The van der Waals surface area contributed by atoms with Crippen LogP contribution in [0.15, 0.2) is 24.3 Å².